The molecule has 0 atom stereocenters. The Kier molecular flexibility index (Phi) is 5.32. The summed E-state index contributed by atoms with van der Waals surface area (Å²) in [5.41, 5.74) is 0. The van der Waals surface area contributed by atoms with Crippen LogP contribution < -0.4 is 5.32 Å². The number of carbonyl (C=O) groups is 2. The van der Waals surface area contributed by atoms with Crippen LogP contribution in [-0.4, -0.2) is 56.6 Å². The van der Waals surface area contributed by atoms with Gasteiger partial charge in [-0.25, -0.2) is 0 Å². The van der Waals surface area contributed by atoms with Gasteiger partial charge in [-0.3, -0.25) is 19.8 Å². The van der Waals surface area contributed by atoms with Crippen molar-refractivity contribution in [3.63, 3.8) is 0 Å². The number of aliphatic carboxylic acids is 1. The number of aromatic nitrogens is 2. The molecular weight excluding hydrogens is 300 g/mol. The number of nitrogens with one attached hydrogen (secondary N) is 1. The van der Waals surface area contributed by atoms with Crippen LogP contribution in [0.15, 0.2) is 5.16 Å². The molecule has 0 bridgehead atoms. The van der Waals surface area contributed by atoms with E-state index in [1.54, 1.807) is 16.7 Å². The molecule has 1 aliphatic rings. The van der Waals surface area contributed by atoms with Crippen molar-refractivity contribution in [2.24, 2.45) is 5.92 Å². The van der Waals surface area contributed by atoms with Crippen molar-refractivity contribution in [3.8, 4) is 0 Å². The van der Waals surface area contributed by atoms with Crippen molar-refractivity contribution >= 4 is 40.3 Å². The number of carbonyl (C=O) groups excluding carboxylic acids is 1. The fraction of sp³-hybridized carbons (Fsp3) is 0.636. The van der Waals surface area contributed by atoms with E-state index in [2.05, 4.69) is 21.6 Å². The summed E-state index contributed by atoms with van der Waals surface area (Å²) in [4.78, 5) is 28.4. The van der Waals surface area contributed by atoms with Crippen LogP contribution in [0.4, 0.5) is 5.13 Å². The predicted octanol–water partition coefficient (Wildman–Crippen LogP) is 0.995. The van der Waals surface area contributed by atoms with Crippen molar-refractivity contribution in [3.05, 3.63) is 0 Å². The van der Waals surface area contributed by atoms with E-state index in [0.717, 1.165) is 23.7 Å². The van der Waals surface area contributed by atoms with Crippen molar-refractivity contribution in [2.75, 3.05) is 30.7 Å². The zero-order valence-electron chi connectivity index (χ0n) is 11.0. The minimum atomic E-state index is -0.802. The molecular formula is C11H16N4O3S2. The van der Waals surface area contributed by atoms with Gasteiger partial charge in [-0.15, -0.1) is 0 Å². The summed E-state index contributed by atoms with van der Waals surface area (Å²) >= 11 is 2.72. The predicted molar refractivity (Wildman–Crippen MR) is 77.1 cm³/mol. The minimum absolute atomic E-state index is 0.183. The Labute approximate surface area is 124 Å². The Morgan fingerprint density at radius 1 is 1.55 bits per heavy atom. The molecule has 110 valence electrons. The molecule has 2 rings (SSSR count). The van der Waals surface area contributed by atoms with Gasteiger partial charge in [-0.1, -0.05) is 18.7 Å². The van der Waals surface area contributed by atoms with Gasteiger partial charge in [0.05, 0.1) is 12.5 Å². The van der Waals surface area contributed by atoms with Crippen LogP contribution in [0, 0.1) is 5.92 Å². The van der Waals surface area contributed by atoms with Gasteiger partial charge in [0, 0.05) is 30.4 Å². The van der Waals surface area contributed by atoms with Crippen LogP contribution in [0.25, 0.3) is 0 Å². The highest BCUT2D eigenvalue weighted by molar-refractivity contribution is 7.99. The van der Waals surface area contributed by atoms with Crippen molar-refractivity contribution < 1.29 is 14.7 Å². The molecule has 1 aromatic heterocycles. The largest absolute Gasteiger partial charge is 0.481 e. The normalized spacial score (nSPS) is 15.8. The highest BCUT2D eigenvalue weighted by Gasteiger charge is 2.33. The highest BCUT2D eigenvalue weighted by Crippen LogP contribution is 2.21. The van der Waals surface area contributed by atoms with Crippen LogP contribution in [0.3, 0.4) is 0 Å². The molecule has 2 heterocycles. The molecule has 20 heavy (non-hydrogen) atoms. The van der Waals surface area contributed by atoms with Gasteiger partial charge in [0.15, 0.2) is 0 Å². The lowest BCUT2D eigenvalue weighted by molar-refractivity contribution is -0.148. The molecule has 1 amide bonds. The molecule has 1 saturated heterocycles. The summed E-state index contributed by atoms with van der Waals surface area (Å²) in [6.45, 7) is 3.13. The van der Waals surface area contributed by atoms with Crippen LogP contribution in [0.5, 0.6) is 0 Å². The highest BCUT2D eigenvalue weighted by atomic mass is 32.2. The van der Waals surface area contributed by atoms with Gasteiger partial charge in [-0.05, 0) is 6.42 Å². The summed E-state index contributed by atoms with van der Waals surface area (Å²) < 4.78 is 4.14. The van der Waals surface area contributed by atoms with E-state index in [1.807, 2.05) is 0 Å². The number of amides is 1. The molecule has 0 spiro atoms. The Hall–Kier alpha value is -1.19. The lowest BCUT2D eigenvalue weighted by Crippen LogP contribution is -2.52. The van der Waals surface area contributed by atoms with E-state index in [-0.39, 0.29) is 18.4 Å². The molecule has 7 nitrogen and oxygen atoms in total. The van der Waals surface area contributed by atoms with Crippen LogP contribution in [0.2, 0.25) is 0 Å². The van der Waals surface area contributed by atoms with Crippen molar-refractivity contribution in [1.82, 2.24) is 14.3 Å². The Balaban J connectivity index is 1.72. The molecule has 9 heteroatoms. The fourth-order valence-electron chi connectivity index (χ4n) is 1.73. The standard InChI is InChI=1S/C11H16N4O3S2/c1-2-3-19-11-13-10(20-14-11)12-8(16)6-15-4-7(5-15)9(17)18/h7H,2-6H2,1H3,(H,17,18)(H,12,13,14,16). The van der Waals surface area contributed by atoms with E-state index in [0.29, 0.717) is 23.4 Å². The molecule has 0 unspecified atom stereocenters. The van der Waals surface area contributed by atoms with E-state index in [9.17, 15) is 9.59 Å². The third-order valence-electron chi connectivity index (χ3n) is 2.76. The van der Waals surface area contributed by atoms with Crippen LogP contribution >= 0.6 is 23.3 Å². The molecule has 0 aliphatic carbocycles. The summed E-state index contributed by atoms with van der Waals surface area (Å²) in [7, 11) is 0. The molecule has 0 aromatic carbocycles. The number of hydrogen-bond donors (Lipinski definition) is 2. The average molecular weight is 316 g/mol. The van der Waals surface area contributed by atoms with Gasteiger partial charge in [0.1, 0.15) is 0 Å². The maximum Gasteiger partial charge on any atom is 0.309 e. The summed E-state index contributed by atoms with van der Waals surface area (Å²) in [5, 5.41) is 12.6. The third kappa shape index (κ3) is 4.15. The van der Waals surface area contributed by atoms with E-state index in [1.165, 1.54) is 0 Å². The number of hydrogen-bond acceptors (Lipinski definition) is 7. The molecule has 0 saturated carbocycles. The number of nitrogens with zero attached hydrogens (tertiary/aromatic N) is 3. The third-order valence-corrected chi connectivity index (χ3v) is 4.56. The van der Waals surface area contributed by atoms with E-state index >= 15 is 0 Å². The fourth-order valence-corrected chi connectivity index (χ4v) is 3.14. The number of likely N-dealkylation sites (tertiary alicyclic amines) is 1. The number of anilines is 1. The average Bonchev–Trinajstić information content (AvgIpc) is 2.77. The zero-order chi connectivity index (χ0) is 14.5. The smallest absolute Gasteiger partial charge is 0.309 e. The second-order valence-electron chi connectivity index (χ2n) is 4.51. The second kappa shape index (κ2) is 7.00. The second-order valence-corrected chi connectivity index (χ2v) is 6.32. The molecule has 1 aliphatic heterocycles. The van der Waals surface area contributed by atoms with E-state index < -0.39 is 5.97 Å². The lowest BCUT2D eigenvalue weighted by atomic mass is 10.0. The van der Waals surface area contributed by atoms with Crippen molar-refractivity contribution in [1.29, 1.82) is 0 Å². The van der Waals surface area contributed by atoms with Crippen LogP contribution in [0.1, 0.15) is 13.3 Å². The van der Waals surface area contributed by atoms with Gasteiger partial charge >= 0.3 is 5.97 Å². The summed E-state index contributed by atoms with van der Waals surface area (Å²) in [6, 6.07) is 0. The monoisotopic (exact) mass is 316 g/mol. The van der Waals surface area contributed by atoms with Gasteiger partial charge < -0.3 is 5.11 Å². The first-order chi connectivity index (χ1) is 9.58. The Bertz CT molecular complexity index is 488. The van der Waals surface area contributed by atoms with Gasteiger partial charge in [0.2, 0.25) is 16.2 Å². The summed E-state index contributed by atoms with van der Waals surface area (Å²) in [6.07, 6.45) is 1.05. The van der Waals surface area contributed by atoms with Crippen molar-refractivity contribution in [2.45, 2.75) is 18.5 Å². The molecule has 1 fully saturated rings. The van der Waals surface area contributed by atoms with E-state index in [4.69, 9.17) is 5.11 Å². The molecule has 0 radical (unpaired) electrons. The number of thioether (sulfide) groups is 1. The quantitative estimate of drug-likeness (QED) is 0.724. The van der Waals surface area contributed by atoms with Gasteiger partial charge in [-0.2, -0.15) is 9.36 Å². The Morgan fingerprint density at radius 3 is 2.95 bits per heavy atom. The minimum Gasteiger partial charge on any atom is -0.481 e. The number of carboxylic acid groups (broad SMARTS) is 1. The first kappa shape index (κ1) is 15.2. The number of rotatable bonds is 7. The summed E-state index contributed by atoms with van der Waals surface area (Å²) in [5.74, 6) is -0.379. The lowest BCUT2D eigenvalue weighted by Gasteiger charge is -2.35. The maximum atomic E-state index is 11.7. The molecule has 1 aromatic rings. The van der Waals surface area contributed by atoms with Crippen LogP contribution in [-0.2, 0) is 9.59 Å². The maximum absolute atomic E-state index is 11.7. The Morgan fingerprint density at radius 2 is 2.30 bits per heavy atom. The SMILES string of the molecule is CCCSc1nsc(NC(=O)CN2CC(C(=O)O)C2)n1. The molecule has 2 N–H and O–H groups in total. The first-order valence-electron chi connectivity index (χ1n) is 6.30. The number of carboxylic acids is 1. The first-order valence-corrected chi connectivity index (χ1v) is 8.06. The topological polar surface area (TPSA) is 95.4 Å². The van der Waals surface area contributed by atoms with Gasteiger partial charge in [0.25, 0.3) is 0 Å². The zero-order valence-corrected chi connectivity index (χ0v) is 12.7.